The molecular formula is C12H11N3O3P+. The van der Waals surface area contributed by atoms with Crippen LogP contribution in [0.4, 0.5) is 17.1 Å². The van der Waals surface area contributed by atoms with Crippen LogP contribution in [0.5, 0.6) is 5.75 Å². The van der Waals surface area contributed by atoms with Gasteiger partial charge in [-0.3, -0.25) is 10.2 Å². The first-order chi connectivity index (χ1) is 9.20. The predicted molar refractivity (Wildman–Crippen MR) is 72.4 cm³/mol. The highest BCUT2D eigenvalue weighted by molar-refractivity contribution is 7.63. The highest BCUT2D eigenvalue weighted by Gasteiger charge is 2.36. The lowest BCUT2D eigenvalue weighted by atomic mass is 10.2. The van der Waals surface area contributed by atoms with E-state index >= 15 is 0 Å². The third kappa shape index (κ3) is 2.18. The molecule has 2 aromatic rings. The molecule has 0 aliphatic carbocycles. The van der Waals surface area contributed by atoms with Crippen LogP contribution in [0.1, 0.15) is 0 Å². The Morgan fingerprint density at radius 2 is 1.79 bits per heavy atom. The summed E-state index contributed by atoms with van der Waals surface area (Å²) < 4.78 is 18.0. The van der Waals surface area contributed by atoms with Gasteiger partial charge in [0.15, 0.2) is 0 Å². The monoisotopic (exact) mass is 276 g/mol. The summed E-state index contributed by atoms with van der Waals surface area (Å²) in [4.78, 5) is 10.8. The second kappa shape index (κ2) is 4.40. The molecule has 0 radical (unpaired) electrons. The third-order valence-corrected chi connectivity index (χ3v) is 4.20. The van der Waals surface area contributed by atoms with Crippen molar-refractivity contribution in [1.29, 1.82) is 0 Å². The average molecular weight is 276 g/mol. The Bertz CT molecular complexity index is 675. The van der Waals surface area contributed by atoms with Gasteiger partial charge in [0.05, 0.1) is 5.69 Å². The van der Waals surface area contributed by atoms with Gasteiger partial charge in [-0.05, 0) is 18.2 Å². The average Bonchev–Trinajstić information content (AvgIpc) is 2.75. The maximum atomic E-state index is 12.5. The minimum absolute atomic E-state index is 0.319. The van der Waals surface area contributed by atoms with Gasteiger partial charge in [-0.15, -0.1) is 0 Å². The van der Waals surface area contributed by atoms with E-state index in [0.29, 0.717) is 22.8 Å². The van der Waals surface area contributed by atoms with Crippen LogP contribution in [0.25, 0.3) is 0 Å². The van der Waals surface area contributed by atoms with Crippen LogP contribution >= 0.6 is 7.67 Å². The number of nitrogens with one attached hydrogen (secondary N) is 3. The van der Waals surface area contributed by atoms with E-state index in [9.17, 15) is 9.47 Å². The SMILES string of the molecule is O=[NH+]c1cccc2c1NP(=O)(Oc1ccccc1)N2. The Hall–Kier alpha value is -2.33. The lowest BCUT2D eigenvalue weighted by Crippen LogP contribution is -2.55. The molecular weight excluding hydrogens is 265 g/mol. The Balaban J connectivity index is 1.90. The van der Waals surface area contributed by atoms with E-state index in [2.05, 4.69) is 10.2 Å². The molecule has 1 atom stereocenters. The first-order valence-electron chi connectivity index (χ1n) is 5.63. The van der Waals surface area contributed by atoms with Gasteiger partial charge in [-0.2, -0.15) is 0 Å². The summed E-state index contributed by atoms with van der Waals surface area (Å²) >= 11 is 0. The summed E-state index contributed by atoms with van der Waals surface area (Å²) in [7, 11) is -3.29. The van der Waals surface area contributed by atoms with Gasteiger partial charge in [-0.25, -0.2) is 4.57 Å². The molecule has 0 saturated carbocycles. The summed E-state index contributed by atoms with van der Waals surface area (Å²) in [5.41, 5.74) is 1.34. The summed E-state index contributed by atoms with van der Waals surface area (Å²) in [5, 5.41) is 7.32. The van der Waals surface area contributed by atoms with Crippen molar-refractivity contribution in [3.05, 3.63) is 53.4 Å². The zero-order valence-corrected chi connectivity index (χ0v) is 10.7. The van der Waals surface area contributed by atoms with Crippen LogP contribution in [0, 0.1) is 4.91 Å². The van der Waals surface area contributed by atoms with Gasteiger partial charge in [0, 0.05) is 16.2 Å². The fourth-order valence-corrected chi connectivity index (χ4v) is 3.46. The van der Waals surface area contributed by atoms with Gasteiger partial charge < -0.3 is 4.52 Å². The fourth-order valence-electron chi connectivity index (χ4n) is 1.86. The van der Waals surface area contributed by atoms with E-state index in [1.54, 1.807) is 47.6 Å². The molecule has 1 aliphatic heterocycles. The summed E-state index contributed by atoms with van der Waals surface area (Å²) in [6.07, 6.45) is 0. The van der Waals surface area contributed by atoms with E-state index in [0.717, 1.165) is 0 Å². The number of hydrogen-bond acceptors (Lipinski definition) is 3. The van der Waals surface area contributed by atoms with E-state index in [1.807, 2.05) is 6.07 Å². The summed E-state index contributed by atoms with van der Waals surface area (Å²) in [6.45, 7) is 0. The van der Waals surface area contributed by atoms with E-state index < -0.39 is 7.67 Å². The summed E-state index contributed by atoms with van der Waals surface area (Å²) in [5.74, 6) is 0.482. The lowest BCUT2D eigenvalue weighted by molar-refractivity contribution is -0.378. The third-order valence-electron chi connectivity index (χ3n) is 2.68. The molecule has 1 heterocycles. The van der Waals surface area contributed by atoms with Gasteiger partial charge >= 0.3 is 7.67 Å². The minimum atomic E-state index is -3.29. The van der Waals surface area contributed by atoms with Crippen molar-refractivity contribution in [2.45, 2.75) is 0 Å². The lowest BCUT2D eigenvalue weighted by Gasteiger charge is -2.13. The van der Waals surface area contributed by atoms with Crippen LogP contribution in [0.3, 0.4) is 0 Å². The van der Waals surface area contributed by atoms with Gasteiger partial charge in [0.2, 0.25) is 0 Å². The molecule has 1 aliphatic rings. The van der Waals surface area contributed by atoms with Gasteiger partial charge in [0.25, 0.3) is 5.69 Å². The number of fused-ring (bicyclic) bond motifs is 1. The second-order valence-corrected chi connectivity index (χ2v) is 5.74. The zero-order chi connectivity index (χ0) is 13.3. The number of hydrogen-bond donors (Lipinski definition) is 3. The molecule has 19 heavy (non-hydrogen) atoms. The number of anilines is 2. The van der Waals surface area contributed by atoms with E-state index in [1.165, 1.54) is 0 Å². The van der Waals surface area contributed by atoms with Crippen LogP contribution in [0.15, 0.2) is 48.5 Å². The molecule has 2 aromatic carbocycles. The Kier molecular flexibility index (Phi) is 2.72. The van der Waals surface area contributed by atoms with E-state index in [-0.39, 0.29) is 0 Å². The van der Waals surface area contributed by atoms with Crippen LogP contribution < -0.4 is 19.9 Å². The van der Waals surface area contributed by atoms with Crippen molar-refractivity contribution < 1.29 is 14.3 Å². The molecule has 0 spiro atoms. The van der Waals surface area contributed by atoms with Crippen molar-refractivity contribution in [3.63, 3.8) is 0 Å². The van der Waals surface area contributed by atoms with Crippen molar-refractivity contribution in [2.75, 3.05) is 10.2 Å². The molecule has 7 heteroatoms. The Morgan fingerprint density at radius 1 is 1.00 bits per heavy atom. The van der Waals surface area contributed by atoms with Crippen molar-refractivity contribution in [3.8, 4) is 5.75 Å². The molecule has 3 rings (SSSR count). The van der Waals surface area contributed by atoms with Gasteiger partial charge in [0.1, 0.15) is 11.4 Å². The highest BCUT2D eigenvalue weighted by Crippen LogP contribution is 2.55. The number of benzene rings is 2. The number of nitroso groups, excluding NO2 is 1. The molecule has 0 saturated heterocycles. The van der Waals surface area contributed by atoms with Crippen molar-refractivity contribution >= 4 is 24.7 Å². The molecule has 0 bridgehead atoms. The summed E-state index contributed by atoms with van der Waals surface area (Å²) in [6, 6.07) is 13.8. The van der Waals surface area contributed by atoms with Gasteiger partial charge in [-0.1, -0.05) is 24.3 Å². The minimum Gasteiger partial charge on any atom is -0.414 e. The Labute approximate surface area is 109 Å². The fraction of sp³-hybridized carbons (Fsp3) is 0. The molecule has 6 nitrogen and oxygen atoms in total. The smallest absolute Gasteiger partial charge is 0.414 e. The zero-order valence-electron chi connectivity index (χ0n) is 9.79. The quantitative estimate of drug-likeness (QED) is 0.749. The maximum absolute atomic E-state index is 12.5. The van der Waals surface area contributed by atoms with Crippen molar-refractivity contribution in [1.82, 2.24) is 0 Å². The maximum Gasteiger partial charge on any atom is 0.444 e. The molecule has 0 aromatic heterocycles. The molecule has 96 valence electrons. The molecule has 3 N–H and O–H groups in total. The van der Waals surface area contributed by atoms with Crippen LogP contribution in [-0.4, -0.2) is 0 Å². The second-order valence-electron chi connectivity index (χ2n) is 4.01. The van der Waals surface area contributed by atoms with E-state index in [4.69, 9.17) is 4.52 Å². The number of para-hydroxylation sites is 2. The highest BCUT2D eigenvalue weighted by atomic mass is 31.2. The molecule has 0 amide bonds. The molecule has 1 unspecified atom stereocenters. The molecule has 0 fully saturated rings. The predicted octanol–water partition coefficient (Wildman–Crippen LogP) is 2.19. The standard InChI is InChI=1S/C12H10N3O3P/c16-13-10-7-4-8-11-12(10)15-19(17,14-11)18-9-5-2-1-3-6-9/h1-8H,(H2,14,15,17)/p+1. The largest absolute Gasteiger partial charge is 0.444 e. The van der Waals surface area contributed by atoms with Crippen molar-refractivity contribution in [2.24, 2.45) is 0 Å². The Morgan fingerprint density at radius 3 is 2.53 bits per heavy atom. The first-order valence-corrected chi connectivity index (χ1v) is 7.25. The van der Waals surface area contributed by atoms with Crippen LogP contribution in [-0.2, 0) is 4.57 Å². The van der Waals surface area contributed by atoms with Crippen LogP contribution in [0.2, 0.25) is 0 Å². The first kappa shape index (κ1) is 11.7. The topological polar surface area (TPSA) is 81.4 Å². The normalized spacial score (nSPS) is 20.0. The number of rotatable bonds is 3.